The molecule has 0 unspecified atom stereocenters. The smallest absolute Gasteiger partial charge is 0.0954 e. The van der Waals surface area contributed by atoms with Crippen LogP contribution in [-0.2, 0) is 24.1 Å². The van der Waals surface area contributed by atoms with Gasteiger partial charge in [0.2, 0.25) is 0 Å². The van der Waals surface area contributed by atoms with Gasteiger partial charge in [-0.1, -0.05) is 20.3 Å². The standard InChI is InChI=1S/C12H22N2OS/c1-4-6-10-11(9-13-5-2)16-12(14-10)7-8-15-3/h13H,4-9H2,1-3H3. The third-order valence-electron chi connectivity index (χ3n) is 2.36. The molecule has 0 aliphatic rings. The third-order valence-corrected chi connectivity index (χ3v) is 3.52. The Bertz CT molecular complexity index is 299. The summed E-state index contributed by atoms with van der Waals surface area (Å²) in [6, 6.07) is 0. The first-order valence-electron chi connectivity index (χ1n) is 5.98. The van der Waals surface area contributed by atoms with E-state index >= 15 is 0 Å². The van der Waals surface area contributed by atoms with Crippen LogP contribution in [0, 0.1) is 0 Å². The average molecular weight is 242 g/mol. The summed E-state index contributed by atoms with van der Waals surface area (Å²) >= 11 is 1.83. The summed E-state index contributed by atoms with van der Waals surface area (Å²) in [5.74, 6) is 0. The lowest BCUT2D eigenvalue weighted by molar-refractivity contribution is 0.202. The molecule has 0 spiro atoms. The molecule has 0 aromatic carbocycles. The molecule has 0 aliphatic carbocycles. The van der Waals surface area contributed by atoms with Crippen molar-refractivity contribution in [3.05, 3.63) is 15.6 Å². The Morgan fingerprint density at radius 2 is 2.12 bits per heavy atom. The fourth-order valence-corrected chi connectivity index (χ4v) is 2.61. The first-order valence-corrected chi connectivity index (χ1v) is 6.80. The maximum atomic E-state index is 5.09. The van der Waals surface area contributed by atoms with Gasteiger partial charge in [0.25, 0.3) is 0 Å². The second-order valence-electron chi connectivity index (χ2n) is 3.75. The summed E-state index contributed by atoms with van der Waals surface area (Å²) in [5.41, 5.74) is 1.28. The molecule has 1 N–H and O–H groups in total. The Balaban J connectivity index is 2.65. The molecule has 1 rings (SSSR count). The summed E-state index contributed by atoms with van der Waals surface area (Å²) in [6.07, 6.45) is 3.18. The van der Waals surface area contributed by atoms with E-state index in [2.05, 4.69) is 24.1 Å². The monoisotopic (exact) mass is 242 g/mol. The predicted molar refractivity (Wildman–Crippen MR) is 69.1 cm³/mol. The number of ether oxygens (including phenoxy) is 1. The zero-order valence-electron chi connectivity index (χ0n) is 10.5. The second kappa shape index (κ2) is 7.76. The molecule has 0 amide bonds. The van der Waals surface area contributed by atoms with Crippen molar-refractivity contribution in [2.45, 2.75) is 39.7 Å². The molecular weight excluding hydrogens is 220 g/mol. The average Bonchev–Trinajstić information content (AvgIpc) is 2.67. The van der Waals surface area contributed by atoms with Crippen molar-refractivity contribution in [3.8, 4) is 0 Å². The molecule has 0 aliphatic heterocycles. The van der Waals surface area contributed by atoms with Gasteiger partial charge in [0, 0.05) is 25.0 Å². The van der Waals surface area contributed by atoms with E-state index in [4.69, 9.17) is 4.74 Å². The van der Waals surface area contributed by atoms with Gasteiger partial charge in [-0.3, -0.25) is 0 Å². The number of aromatic nitrogens is 1. The van der Waals surface area contributed by atoms with Gasteiger partial charge in [0.05, 0.1) is 17.3 Å². The highest BCUT2D eigenvalue weighted by Crippen LogP contribution is 2.20. The Morgan fingerprint density at radius 1 is 1.31 bits per heavy atom. The number of thiazole rings is 1. The fraction of sp³-hybridized carbons (Fsp3) is 0.750. The molecule has 0 saturated heterocycles. The summed E-state index contributed by atoms with van der Waals surface area (Å²) in [5, 5.41) is 4.58. The maximum Gasteiger partial charge on any atom is 0.0954 e. The van der Waals surface area contributed by atoms with Crippen LogP contribution < -0.4 is 5.32 Å². The number of methoxy groups -OCH3 is 1. The van der Waals surface area contributed by atoms with Gasteiger partial charge in [0.15, 0.2) is 0 Å². The van der Waals surface area contributed by atoms with Crippen LogP contribution >= 0.6 is 11.3 Å². The van der Waals surface area contributed by atoms with Crippen molar-refractivity contribution in [3.63, 3.8) is 0 Å². The lowest BCUT2D eigenvalue weighted by Crippen LogP contribution is -2.11. The van der Waals surface area contributed by atoms with Gasteiger partial charge in [-0.05, 0) is 13.0 Å². The molecule has 0 fully saturated rings. The van der Waals surface area contributed by atoms with E-state index < -0.39 is 0 Å². The number of nitrogens with one attached hydrogen (secondary N) is 1. The van der Waals surface area contributed by atoms with Gasteiger partial charge >= 0.3 is 0 Å². The van der Waals surface area contributed by atoms with Crippen molar-refractivity contribution < 1.29 is 4.74 Å². The highest BCUT2D eigenvalue weighted by molar-refractivity contribution is 7.11. The second-order valence-corrected chi connectivity index (χ2v) is 4.92. The van der Waals surface area contributed by atoms with Crippen LogP contribution in [-0.4, -0.2) is 25.2 Å². The highest BCUT2D eigenvalue weighted by Gasteiger charge is 2.09. The number of rotatable bonds is 8. The van der Waals surface area contributed by atoms with E-state index in [0.29, 0.717) is 0 Å². The summed E-state index contributed by atoms with van der Waals surface area (Å²) < 4.78 is 5.09. The minimum atomic E-state index is 0.764. The fourth-order valence-electron chi connectivity index (χ4n) is 1.54. The Hall–Kier alpha value is -0.450. The van der Waals surface area contributed by atoms with E-state index in [0.717, 1.165) is 39.0 Å². The molecule has 0 atom stereocenters. The van der Waals surface area contributed by atoms with Crippen LogP contribution in [0.4, 0.5) is 0 Å². The van der Waals surface area contributed by atoms with Gasteiger partial charge in [-0.15, -0.1) is 11.3 Å². The number of aryl methyl sites for hydroxylation is 1. The zero-order chi connectivity index (χ0) is 11.8. The van der Waals surface area contributed by atoms with E-state index in [1.807, 2.05) is 11.3 Å². The molecule has 3 nitrogen and oxygen atoms in total. The van der Waals surface area contributed by atoms with Gasteiger partial charge in [0.1, 0.15) is 0 Å². The van der Waals surface area contributed by atoms with Gasteiger partial charge < -0.3 is 10.1 Å². The maximum absolute atomic E-state index is 5.09. The summed E-state index contributed by atoms with van der Waals surface area (Å²) in [4.78, 5) is 6.09. The topological polar surface area (TPSA) is 34.1 Å². The minimum Gasteiger partial charge on any atom is -0.384 e. The Morgan fingerprint density at radius 3 is 2.75 bits per heavy atom. The molecule has 92 valence electrons. The number of nitrogens with zero attached hydrogens (tertiary/aromatic N) is 1. The largest absolute Gasteiger partial charge is 0.384 e. The summed E-state index contributed by atoms with van der Waals surface area (Å²) in [6.45, 7) is 7.06. The number of hydrogen-bond donors (Lipinski definition) is 1. The molecule has 0 saturated carbocycles. The van der Waals surface area contributed by atoms with Crippen LogP contribution in [0.5, 0.6) is 0 Å². The van der Waals surface area contributed by atoms with Crippen LogP contribution in [0.25, 0.3) is 0 Å². The van der Waals surface area contributed by atoms with Crippen LogP contribution in [0.2, 0.25) is 0 Å². The van der Waals surface area contributed by atoms with Crippen LogP contribution in [0.1, 0.15) is 35.8 Å². The van der Waals surface area contributed by atoms with Gasteiger partial charge in [-0.2, -0.15) is 0 Å². The minimum absolute atomic E-state index is 0.764. The van der Waals surface area contributed by atoms with Crippen LogP contribution in [0.3, 0.4) is 0 Å². The number of hydrogen-bond acceptors (Lipinski definition) is 4. The molecular formula is C12H22N2OS. The molecule has 1 aromatic rings. The molecule has 1 heterocycles. The Labute approximate surface area is 102 Å². The summed E-state index contributed by atoms with van der Waals surface area (Å²) in [7, 11) is 1.74. The first-order chi connectivity index (χ1) is 7.81. The van der Waals surface area contributed by atoms with Crippen molar-refractivity contribution in [1.29, 1.82) is 0 Å². The molecule has 0 bridgehead atoms. The normalized spacial score (nSPS) is 10.9. The van der Waals surface area contributed by atoms with Crippen molar-refractivity contribution in [2.24, 2.45) is 0 Å². The van der Waals surface area contributed by atoms with Crippen molar-refractivity contribution >= 4 is 11.3 Å². The zero-order valence-corrected chi connectivity index (χ0v) is 11.3. The first kappa shape index (κ1) is 13.6. The predicted octanol–water partition coefficient (Wildman–Crippen LogP) is 2.39. The molecule has 0 radical (unpaired) electrons. The highest BCUT2D eigenvalue weighted by atomic mass is 32.1. The van der Waals surface area contributed by atoms with E-state index in [9.17, 15) is 0 Å². The third kappa shape index (κ3) is 4.20. The van der Waals surface area contributed by atoms with E-state index in [1.54, 1.807) is 7.11 Å². The van der Waals surface area contributed by atoms with Crippen molar-refractivity contribution in [2.75, 3.05) is 20.3 Å². The van der Waals surface area contributed by atoms with Gasteiger partial charge in [-0.25, -0.2) is 4.98 Å². The lowest BCUT2D eigenvalue weighted by atomic mass is 10.2. The van der Waals surface area contributed by atoms with E-state index in [1.165, 1.54) is 15.6 Å². The Kier molecular flexibility index (Phi) is 6.61. The van der Waals surface area contributed by atoms with E-state index in [-0.39, 0.29) is 0 Å². The SMILES string of the molecule is CCCc1nc(CCOC)sc1CNCC. The van der Waals surface area contributed by atoms with Crippen molar-refractivity contribution in [1.82, 2.24) is 10.3 Å². The molecule has 4 heteroatoms. The quantitative estimate of drug-likeness (QED) is 0.760. The molecule has 16 heavy (non-hydrogen) atoms. The molecule has 1 aromatic heterocycles. The van der Waals surface area contributed by atoms with Crippen LogP contribution in [0.15, 0.2) is 0 Å². The lowest BCUT2D eigenvalue weighted by Gasteiger charge is -2.00.